The van der Waals surface area contributed by atoms with E-state index >= 15 is 0 Å². The van der Waals surface area contributed by atoms with Crippen LogP contribution in [-0.4, -0.2) is 23.2 Å². The number of nitrogens with zero attached hydrogens (tertiary/aromatic N) is 2. The van der Waals surface area contributed by atoms with Crippen molar-refractivity contribution in [2.45, 2.75) is 69.6 Å². The van der Waals surface area contributed by atoms with Crippen molar-refractivity contribution in [2.75, 3.05) is 4.90 Å². The number of alkyl halides is 6. The van der Waals surface area contributed by atoms with Crippen molar-refractivity contribution in [3.8, 4) is 5.75 Å². The van der Waals surface area contributed by atoms with Gasteiger partial charge in [-0.3, -0.25) is 0 Å². The minimum atomic E-state index is -4.44. The molecule has 2 unspecified atom stereocenters. The molecule has 2 bridgehead atoms. The molecule has 3 heterocycles. The largest absolute Gasteiger partial charge is 0.490 e. The van der Waals surface area contributed by atoms with Crippen LogP contribution in [0.3, 0.4) is 0 Å². The summed E-state index contributed by atoms with van der Waals surface area (Å²) in [5.74, 6) is 0.910. The summed E-state index contributed by atoms with van der Waals surface area (Å²) >= 11 is 0. The molecule has 0 N–H and O–H groups in total. The number of hydrogen-bond acceptors (Lipinski definition) is 3. The quantitative estimate of drug-likeness (QED) is 0.435. The summed E-state index contributed by atoms with van der Waals surface area (Å²) in [6.07, 6.45) is -1.14. The first-order chi connectivity index (χ1) is 15.6. The van der Waals surface area contributed by atoms with Crippen LogP contribution < -0.4 is 9.64 Å². The van der Waals surface area contributed by atoms with Crippen molar-refractivity contribution in [1.29, 1.82) is 0 Å². The van der Waals surface area contributed by atoms with Gasteiger partial charge in [-0.25, -0.2) is 4.98 Å². The van der Waals surface area contributed by atoms with Gasteiger partial charge in [0, 0.05) is 36.7 Å². The maximum atomic E-state index is 13.1. The molecular formula is C24H24F6N2O. The first kappa shape index (κ1) is 23.4. The molecule has 178 valence electrons. The molecule has 2 aromatic rings. The zero-order valence-corrected chi connectivity index (χ0v) is 18.0. The minimum absolute atomic E-state index is 0.0575. The average molecular weight is 470 g/mol. The number of ether oxygens (including phenoxy) is 1. The van der Waals surface area contributed by atoms with E-state index in [9.17, 15) is 26.3 Å². The molecule has 3 nitrogen and oxygen atoms in total. The van der Waals surface area contributed by atoms with E-state index in [0.29, 0.717) is 36.4 Å². The summed E-state index contributed by atoms with van der Waals surface area (Å²) in [6, 6.07) is 6.04. The lowest BCUT2D eigenvalue weighted by atomic mass is 9.99. The van der Waals surface area contributed by atoms with Crippen molar-refractivity contribution >= 4 is 11.9 Å². The number of hydrogen-bond donors (Lipinski definition) is 0. The molecular weight excluding hydrogens is 446 g/mol. The van der Waals surface area contributed by atoms with Gasteiger partial charge in [0.25, 0.3) is 0 Å². The van der Waals surface area contributed by atoms with Crippen LogP contribution in [0.15, 0.2) is 42.6 Å². The van der Waals surface area contributed by atoms with Gasteiger partial charge in [0.1, 0.15) is 17.7 Å². The number of pyridine rings is 1. The highest BCUT2D eigenvalue weighted by molar-refractivity contribution is 5.59. The van der Waals surface area contributed by atoms with Gasteiger partial charge in [0.2, 0.25) is 0 Å². The number of halogens is 6. The van der Waals surface area contributed by atoms with E-state index in [2.05, 4.69) is 9.88 Å². The Kier molecular flexibility index (Phi) is 6.33. The minimum Gasteiger partial charge on any atom is -0.490 e. The second kappa shape index (κ2) is 8.91. The molecule has 0 amide bonds. The Morgan fingerprint density at radius 2 is 1.61 bits per heavy atom. The molecule has 33 heavy (non-hydrogen) atoms. The van der Waals surface area contributed by atoms with Crippen molar-refractivity contribution in [1.82, 2.24) is 4.98 Å². The summed E-state index contributed by atoms with van der Waals surface area (Å²) in [6.45, 7) is 1.90. The van der Waals surface area contributed by atoms with E-state index in [1.165, 1.54) is 12.1 Å². The molecule has 2 fully saturated rings. The molecule has 1 aromatic carbocycles. The number of aromatic nitrogens is 1. The van der Waals surface area contributed by atoms with Crippen LogP contribution >= 0.6 is 0 Å². The van der Waals surface area contributed by atoms with Gasteiger partial charge >= 0.3 is 12.4 Å². The van der Waals surface area contributed by atoms with E-state index in [-0.39, 0.29) is 18.2 Å². The van der Waals surface area contributed by atoms with E-state index in [0.717, 1.165) is 37.2 Å². The number of anilines is 1. The third kappa shape index (κ3) is 5.12. The van der Waals surface area contributed by atoms with E-state index < -0.39 is 23.5 Å². The second-order valence-corrected chi connectivity index (χ2v) is 8.47. The number of piperidine rings is 1. The van der Waals surface area contributed by atoms with Crippen LogP contribution in [-0.2, 0) is 12.4 Å². The molecule has 9 heteroatoms. The Morgan fingerprint density at radius 3 is 2.15 bits per heavy atom. The van der Waals surface area contributed by atoms with E-state index in [1.807, 2.05) is 6.92 Å². The average Bonchev–Trinajstić information content (AvgIpc) is 3.02. The molecule has 1 aromatic heterocycles. The SMILES string of the molecule is CCC=Cc1cc(C(F)(F)F)ccc1OC1CC2CCC(C1)N2c1ccc(C(F)(F)F)cn1. The van der Waals surface area contributed by atoms with Crippen molar-refractivity contribution in [3.63, 3.8) is 0 Å². The van der Waals surface area contributed by atoms with Gasteiger partial charge < -0.3 is 9.64 Å². The Balaban J connectivity index is 1.50. The van der Waals surface area contributed by atoms with Crippen molar-refractivity contribution in [3.05, 3.63) is 59.3 Å². The standard InChI is InChI=1S/C24H24F6N2O/c1-2-3-4-15-11-16(23(25,26)27)5-9-21(15)33-20-12-18-7-8-19(13-20)32(18)22-10-6-17(14-31-22)24(28,29)30/h3-6,9-11,14,18-20H,2,7-8,12-13H2,1H3. The summed E-state index contributed by atoms with van der Waals surface area (Å²) < 4.78 is 84.2. The van der Waals surface area contributed by atoms with Crippen LogP contribution in [0.25, 0.3) is 6.08 Å². The van der Waals surface area contributed by atoms with Gasteiger partial charge in [-0.15, -0.1) is 0 Å². The van der Waals surface area contributed by atoms with Crippen molar-refractivity contribution in [2.24, 2.45) is 0 Å². The van der Waals surface area contributed by atoms with Gasteiger partial charge in [0.15, 0.2) is 0 Å². The zero-order chi connectivity index (χ0) is 23.8. The fraction of sp³-hybridized carbons (Fsp3) is 0.458. The molecule has 2 atom stereocenters. The molecule has 0 radical (unpaired) electrons. The fourth-order valence-corrected chi connectivity index (χ4v) is 4.69. The number of benzene rings is 1. The molecule has 2 aliphatic heterocycles. The van der Waals surface area contributed by atoms with Gasteiger partial charge in [0.05, 0.1) is 11.1 Å². The van der Waals surface area contributed by atoms with E-state index in [4.69, 9.17) is 4.74 Å². The molecule has 0 spiro atoms. The monoisotopic (exact) mass is 470 g/mol. The highest BCUT2D eigenvalue weighted by Crippen LogP contribution is 2.41. The molecule has 0 saturated carbocycles. The lowest BCUT2D eigenvalue weighted by Crippen LogP contribution is -2.46. The molecule has 4 rings (SSSR count). The van der Waals surface area contributed by atoms with Crippen molar-refractivity contribution < 1.29 is 31.1 Å². The van der Waals surface area contributed by atoms with E-state index in [1.54, 1.807) is 12.2 Å². The topological polar surface area (TPSA) is 25.4 Å². The van der Waals surface area contributed by atoms with Crippen LogP contribution in [0.1, 0.15) is 55.7 Å². The highest BCUT2D eigenvalue weighted by Gasteiger charge is 2.43. The van der Waals surface area contributed by atoms with Gasteiger partial charge in [-0.05, 0) is 49.6 Å². The normalized spacial score (nSPS) is 23.4. The van der Waals surface area contributed by atoms with Gasteiger partial charge in [-0.1, -0.05) is 19.1 Å². The Bertz CT molecular complexity index is 985. The number of fused-ring (bicyclic) bond motifs is 2. The predicted octanol–water partition coefficient (Wildman–Crippen LogP) is 7.12. The number of allylic oxidation sites excluding steroid dienone is 1. The predicted molar refractivity (Wildman–Crippen MR) is 113 cm³/mol. The van der Waals surface area contributed by atoms with Crippen LogP contribution in [0.4, 0.5) is 32.2 Å². The zero-order valence-electron chi connectivity index (χ0n) is 18.0. The first-order valence-corrected chi connectivity index (χ1v) is 10.9. The third-order valence-corrected chi connectivity index (χ3v) is 6.19. The third-order valence-electron chi connectivity index (χ3n) is 6.19. The Labute approximate surface area is 188 Å². The first-order valence-electron chi connectivity index (χ1n) is 10.9. The summed E-state index contributed by atoms with van der Waals surface area (Å²) in [7, 11) is 0. The lowest BCUT2D eigenvalue weighted by molar-refractivity contribution is -0.138. The molecule has 2 aliphatic rings. The van der Waals surface area contributed by atoms with Gasteiger partial charge in [-0.2, -0.15) is 26.3 Å². The lowest BCUT2D eigenvalue weighted by Gasteiger charge is -2.40. The Hall–Kier alpha value is -2.71. The summed E-state index contributed by atoms with van der Waals surface area (Å²) in [5.41, 5.74) is -1.13. The smallest absolute Gasteiger partial charge is 0.417 e. The van der Waals surface area contributed by atoms with Crippen LogP contribution in [0.5, 0.6) is 5.75 Å². The maximum Gasteiger partial charge on any atom is 0.417 e. The Morgan fingerprint density at radius 1 is 0.970 bits per heavy atom. The number of rotatable bonds is 5. The highest BCUT2D eigenvalue weighted by atomic mass is 19.4. The van der Waals surface area contributed by atoms with Crippen LogP contribution in [0.2, 0.25) is 0 Å². The summed E-state index contributed by atoms with van der Waals surface area (Å²) in [4.78, 5) is 6.11. The van der Waals surface area contributed by atoms with Crippen LogP contribution in [0, 0.1) is 0 Å². The second-order valence-electron chi connectivity index (χ2n) is 8.47. The summed E-state index contributed by atoms with van der Waals surface area (Å²) in [5, 5.41) is 0. The fourth-order valence-electron chi connectivity index (χ4n) is 4.69. The maximum absolute atomic E-state index is 13.1. The molecule has 2 saturated heterocycles. The molecule has 0 aliphatic carbocycles.